The van der Waals surface area contributed by atoms with Crippen molar-refractivity contribution in [2.75, 3.05) is 23.9 Å². The first-order valence-corrected chi connectivity index (χ1v) is 16.6. The highest BCUT2D eigenvalue weighted by Crippen LogP contribution is 2.43. The summed E-state index contributed by atoms with van der Waals surface area (Å²) in [6.45, 7) is 15.6. The minimum absolute atomic E-state index is 0.0142. The van der Waals surface area contributed by atoms with Crippen LogP contribution >= 0.6 is 0 Å². The summed E-state index contributed by atoms with van der Waals surface area (Å²) in [6.07, 6.45) is 0. The van der Waals surface area contributed by atoms with Gasteiger partial charge in [-0.05, 0) is 90.0 Å². The summed E-state index contributed by atoms with van der Waals surface area (Å²) in [6, 6.07) is 41.6. The van der Waals surface area contributed by atoms with Crippen molar-refractivity contribution in [3.63, 3.8) is 0 Å². The third-order valence-electron chi connectivity index (χ3n) is 9.77. The quantitative estimate of drug-likeness (QED) is 0.171. The monoisotopic (exact) mass is 602 g/mol. The fourth-order valence-electron chi connectivity index (χ4n) is 7.20. The summed E-state index contributed by atoms with van der Waals surface area (Å²) >= 11 is 0. The fraction of sp³-hybridized carbons (Fsp3) is 0.273. The van der Waals surface area contributed by atoms with Gasteiger partial charge in [0.15, 0.2) is 0 Å². The van der Waals surface area contributed by atoms with Crippen LogP contribution in [0.15, 0.2) is 109 Å². The van der Waals surface area contributed by atoms with E-state index >= 15 is 0 Å². The van der Waals surface area contributed by atoms with Crippen molar-refractivity contribution in [2.45, 2.75) is 65.5 Å². The Morgan fingerprint density at radius 3 is 1.24 bits per heavy atom. The Labute approximate surface area is 275 Å². The first-order chi connectivity index (χ1) is 21.9. The van der Waals surface area contributed by atoms with Crippen LogP contribution in [0.5, 0.6) is 0 Å². The fourth-order valence-corrected chi connectivity index (χ4v) is 7.20. The third kappa shape index (κ3) is 5.45. The Bertz CT molecular complexity index is 1950. The zero-order valence-corrected chi connectivity index (χ0v) is 28.7. The lowest BCUT2D eigenvalue weighted by atomic mass is 9.82. The van der Waals surface area contributed by atoms with Gasteiger partial charge in [0.25, 0.3) is 0 Å². The molecule has 0 amide bonds. The number of nitrogens with zero attached hydrogens (tertiary/aromatic N) is 2. The summed E-state index contributed by atoms with van der Waals surface area (Å²) < 4.78 is 0. The van der Waals surface area contributed by atoms with Crippen LogP contribution in [-0.4, -0.2) is 14.1 Å². The van der Waals surface area contributed by atoms with Gasteiger partial charge < -0.3 is 9.80 Å². The number of hydrogen-bond acceptors (Lipinski definition) is 2. The van der Waals surface area contributed by atoms with Gasteiger partial charge in [0.2, 0.25) is 0 Å². The van der Waals surface area contributed by atoms with E-state index in [-0.39, 0.29) is 10.8 Å². The molecule has 1 aliphatic rings. The molecule has 1 heterocycles. The van der Waals surface area contributed by atoms with Gasteiger partial charge in [-0.25, -0.2) is 0 Å². The zero-order chi connectivity index (χ0) is 32.4. The number of anilines is 2. The van der Waals surface area contributed by atoms with Crippen LogP contribution in [-0.2, 0) is 23.9 Å². The molecule has 0 fully saturated rings. The van der Waals surface area contributed by atoms with Gasteiger partial charge in [0, 0.05) is 49.7 Å². The van der Waals surface area contributed by atoms with E-state index in [9.17, 15) is 0 Å². The predicted octanol–water partition coefficient (Wildman–Crippen LogP) is 11.5. The summed E-state index contributed by atoms with van der Waals surface area (Å²) in [7, 11) is 4.52. The molecule has 232 valence electrons. The Hall–Kier alpha value is -4.56. The van der Waals surface area contributed by atoms with Crippen molar-refractivity contribution in [3.8, 4) is 22.3 Å². The number of fused-ring (bicyclic) bond motifs is 12. The molecule has 0 unspecified atom stereocenters. The normalized spacial score (nSPS) is 13.8. The number of hydrogen-bond donors (Lipinski definition) is 0. The zero-order valence-electron chi connectivity index (χ0n) is 28.7. The molecule has 7 rings (SSSR count). The van der Waals surface area contributed by atoms with Crippen LogP contribution in [0.4, 0.5) is 11.4 Å². The van der Waals surface area contributed by atoms with E-state index in [0.29, 0.717) is 0 Å². The minimum Gasteiger partial charge on any atom is -0.370 e. The molecule has 0 atom stereocenters. The van der Waals surface area contributed by atoms with Gasteiger partial charge in [-0.3, -0.25) is 0 Å². The van der Waals surface area contributed by atoms with Crippen molar-refractivity contribution in [3.05, 3.63) is 131 Å². The SMILES string of the molecule is CN1Cc2cc(cc(C(C)(C)C)c2)-c2c(ccc3ccccc23)N(C)Cc2cc(cc(C(C)(C)C)c2)-c2c1ccc1ccccc21. The smallest absolute Gasteiger partial charge is 0.0452 e. The number of rotatable bonds is 0. The Kier molecular flexibility index (Phi) is 7.24. The van der Waals surface area contributed by atoms with Crippen LogP contribution in [0.2, 0.25) is 0 Å². The topological polar surface area (TPSA) is 6.48 Å². The molecule has 2 heteroatoms. The Morgan fingerprint density at radius 2 is 0.848 bits per heavy atom. The lowest BCUT2D eigenvalue weighted by Crippen LogP contribution is -2.21. The second-order valence-electron chi connectivity index (χ2n) is 15.4. The molecule has 0 spiro atoms. The van der Waals surface area contributed by atoms with Crippen LogP contribution in [0.25, 0.3) is 43.8 Å². The molecule has 4 bridgehead atoms. The maximum absolute atomic E-state index is 2.46. The highest BCUT2D eigenvalue weighted by Gasteiger charge is 2.24. The largest absolute Gasteiger partial charge is 0.370 e. The molecular weight excluding hydrogens is 556 g/mol. The standard InChI is InChI=1S/C44H46N2/c1-43(2,3)35-23-29-21-33(25-35)41-37-15-11-9-13-31(37)17-19-39(41)46(8)28-30-22-34(26-36(24-30)44(4,5)6)42-38-16-12-10-14-32(38)18-20-40(42)45(7)27-29/h9-26H,27-28H2,1-8H3. The van der Waals surface area contributed by atoms with Crippen LogP contribution in [0.3, 0.4) is 0 Å². The van der Waals surface area contributed by atoms with Crippen molar-refractivity contribution >= 4 is 32.9 Å². The molecule has 2 nitrogen and oxygen atoms in total. The second kappa shape index (κ2) is 11.1. The van der Waals surface area contributed by atoms with Crippen molar-refractivity contribution < 1.29 is 0 Å². The van der Waals surface area contributed by atoms with Crippen molar-refractivity contribution in [1.29, 1.82) is 0 Å². The molecule has 6 aromatic carbocycles. The molecule has 0 saturated carbocycles. The first kappa shape index (κ1) is 30.1. The van der Waals surface area contributed by atoms with Gasteiger partial charge in [0.1, 0.15) is 0 Å². The summed E-state index contributed by atoms with van der Waals surface area (Å²) in [4.78, 5) is 4.91. The highest BCUT2D eigenvalue weighted by atomic mass is 15.1. The molecule has 6 aromatic rings. The van der Waals surface area contributed by atoms with E-state index in [2.05, 4.69) is 175 Å². The Balaban J connectivity index is 1.57. The average Bonchev–Trinajstić information content (AvgIpc) is 3.02. The molecule has 0 radical (unpaired) electrons. The molecule has 0 aromatic heterocycles. The highest BCUT2D eigenvalue weighted by molar-refractivity contribution is 6.04. The van der Waals surface area contributed by atoms with Crippen LogP contribution < -0.4 is 9.80 Å². The lowest BCUT2D eigenvalue weighted by molar-refractivity contribution is 0.589. The molecule has 0 N–H and O–H groups in total. The maximum Gasteiger partial charge on any atom is 0.0452 e. The first-order valence-electron chi connectivity index (χ1n) is 16.6. The lowest BCUT2D eigenvalue weighted by Gasteiger charge is -2.30. The molecule has 0 saturated heterocycles. The maximum atomic E-state index is 2.46. The summed E-state index contributed by atoms with van der Waals surface area (Å²) in [5.41, 5.74) is 13.1. The van der Waals surface area contributed by atoms with E-state index in [0.717, 1.165) is 13.1 Å². The van der Waals surface area contributed by atoms with Crippen LogP contribution in [0, 0.1) is 0 Å². The molecular formula is C44H46N2. The van der Waals surface area contributed by atoms with Crippen LogP contribution in [0.1, 0.15) is 63.8 Å². The number of benzene rings is 6. The van der Waals surface area contributed by atoms with Gasteiger partial charge in [-0.1, -0.05) is 126 Å². The Morgan fingerprint density at radius 1 is 0.457 bits per heavy atom. The average molecular weight is 603 g/mol. The predicted molar refractivity (Wildman–Crippen MR) is 200 cm³/mol. The van der Waals surface area contributed by atoms with E-state index < -0.39 is 0 Å². The summed E-state index contributed by atoms with van der Waals surface area (Å²) in [5.74, 6) is 0. The van der Waals surface area contributed by atoms with E-state index in [1.807, 2.05) is 0 Å². The minimum atomic E-state index is 0.0142. The van der Waals surface area contributed by atoms with E-state index in [4.69, 9.17) is 0 Å². The molecule has 1 aliphatic heterocycles. The molecule has 46 heavy (non-hydrogen) atoms. The van der Waals surface area contributed by atoms with Crippen molar-refractivity contribution in [2.24, 2.45) is 0 Å². The van der Waals surface area contributed by atoms with Gasteiger partial charge >= 0.3 is 0 Å². The van der Waals surface area contributed by atoms with Gasteiger partial charge in [-0.2, -0.15) is 0 Å². The third-order valence-corrected chi connectivity index (χ3v) is 9.77. The molecule has 0 aliphatic carbocycles. The van der Waals surface area contributed by atoms with E-state index in [1.54, 1.807) is 0 Å². The summed E-state index contributed by atoms with van der Waals surface area (Å²) in [5, 5.41) is 5.14. The van der Waals surface area contributed by atoms with Crippen molar-refractivity contribution in [1.82, 2.24) is 0 Å². The van der Waals surface area contributed by atoms with E-state index in [1.165, 1.54) is 77.4 Å². The second-order valence-corrected chi connectivity index (χ2v) is 15.4. The van der Waals surface area contributed by atoms with Gasteiger partial charge in [0.05, 0.1) is 0 Å². The van der Waals surface area contributed by atoms with Gasteiger partial charge in [-0.15, -0.1) is 0 Å².